The lowest BCUT2D eigenvalue weighted by molar-refractivity contribution is 0.0508. The van der Waals surface area contributed by atoms with Gasteiger partial charge in [-0.05, 0) is 70.6 Å². The van der Waals surface area contributed by atoms with Crippen LogP contribution in [0.5, 0.6) is 5.75 Å². The highest BCUT2D eigenvalue weighted by Gasteiger charge is 2.22. The van der Waals surface area contributed by atoms with Gasteiger partial charge in [0, 0.05) is 29.2 Å². The zero-order valence-corrected chi connectivity index (χ0v) is 15.5. The maximum Gasteiger partial charge on any atom is 0.407 e. The predicted molar refractivity (Wildman–Crippen MR) is 99.1 cm³/mol. The lowest BCUT2D eigenvalue weighted by Crippen LogP contribution is -2.38. The van der Waals surface area contributed by atoms with Crippen molar-refractivity contribution < 1.29 is 14.3 Å². The fourth-order valence-corrected chi connectivity index (χ4v) is 2.81. The van der Waals surface area contributed by atoms with Gasteiger partial charge in [0.1, 0.15) is 11.4 Å². The van der Waals surface area contributed by atoms with Gasteiger partial charge in [0.2, 0.25) is 0 Å². The van der Waals surface area contributed by atoms with Crippen LogP contribution in [0.3, 0.4) is 0 Å². The molecule has 25 heavy (non-hydrogen) atoms. The summed E-state index contributed by atoms with van der Waals surface area (Å²) in [5.74, 6) is 1.66. The molecular weight excluding hydrogens is 316 g/mol. The summed E-state index contributed by atoms with van der Waals surface area (Å²) < 4.78 is 11.1. The number of amides is 1. The molecule has 2 N–H and O–H groups in total. The van der Waals surface area contributed by atoms with Crippen molar-refractivity contribution in [2.75, 3.05) is 6.61 Å². The number of benzene rings is 1. The first-order valence-electron chi connectivity index (χ1n) is 9.02. The highest BCUT2D eigenvalue weighted by Crippen LogP contribution is 2.30. The van der Waals surface area contributed by atoms with Gasteiger partial charge in [-0.1, -0.05) is 0 Å². The second-order valence-electron chi connectivity index (χ2n) is 8.03. The van der Waals surface area contributed by atoms with Crippen LogP contribution in [0.15, 0.2) is 24.4 Å². The van der Waals surface area contributed by atoms with E-state index >= 15 is 0 Å². The minimum absolute atomic E-state index is 0.0142. The minimum atomic E-state index is -0.485. The fraction of sp³-hybridized carbons (Fsp3) is 0.550. The Morgan fingerprint density at radius 2 is 2.12 bits per heavy atom. The summed E-state index contributed by atoms with van der Waals surface area (Å²) >= 11 is 0. The van der Waals surface area contributed by atoms with Crippen LogP contribution in [-0.2, 0) is 11.2 Å². The molecule has 2 aromatic rings. The lowest BCUT2D eigenvalue weighted by atomic mass is 10.1. The van der Waals surface area contributed by atoms with E-state index in [2.05, 4.69) is 16.4 Å². The smallest absolute Gasteiger partial charge is 0.407 e. The van der Waals surface area contributed by atoms with Crippen LogP contribution in [0.2, 0.25) is 0 Å². The molecule has 5 heteroatoms. The molecule has 1 aliphatic carbocycles. The highest BCUT2D eigenvalue weighted by atomic mass is 16.6. The van der Waals surface area contributed by atoms with E-state index in [1.165, 1.54) is 18.4 Å². The predicted octanol–water partition coefficient (Wildman–Crippen LogP) is 4.41. The fourth-order valence-electron chi connectivity index (χ4n) is 2.81. The summed E-state index contributed by atoms with van der Waals surface area (Å²) in [6.45, 7) is 8.38. The number of rotatable bonds is 6. The molecule has 0 spiro atoms. The van der Waals surface area contributed by atoms with Crippen molar-refractivity contribution in [2.24, 2.45) is 5.92 Å². The SMILES string of the molecule is C[C@H](Cc1c[nH]c2cc(OCC3CC3)ccc12)NC(=O)OC(C)(C)C. The third kappa shape index (κ3) is 5.15. The van der Waals surface area contributed by atoms with E-state index < -0.39 is 5.60 Å². The lowest BCUT2D eigenvalue weighted by Gasteiger charge is -2.21. The molecule has 0 bridgehead atoms. The van der Waals surface area contributed by atoms with Crippen LogP contribution < -0.4 is 10.1 Å². The molecule has 1 amide bonds. The first-order valence-corrected chi connectivity index (χ1v) is 9.02. The zero-order valence-electron chi connectivity index (χ0n) is 15.5. The molecule has 0 unspecified atom stereocenters. The van der Waals surface area contributed by atoms with E-state index in [9.17, 15) is 4.79 Å². The number of aromatic amines is 1. The molecule has 5 nitrogen and oxygen atoms in total. The molecular formula is C20H28N2O3. The quantitative estimate of drug-likeness (QED) is 0.816. The summed E-state index contributed by atoms with van der Waals surface area (Å²) in [6.07, 6.45) is 4.94. The topological polar surface area (TPSA) is 63.3 Å². The minimum Gasteiger partial charge on any atom is -0.493 e. The average molecular weight is 344 g/mol. The Kier molecular flexibility index (Phi) is 4.93. The standard InChI is InChI=1S/C20H28N2O3/c1-13(22-19(23)25-20(2,3)4)9-15-11-21-18-10-16(7-8-17(15)18)24-12-14-5-6-14/h7-8,10-11,13-14,21H,5-6,9,12H2,1-4H3,(H,22,23)/t13-/m1/s1. The van der Waals surface area contributed by atoms with E-state index in [0.717, 1.165) is 35.6 Å². The van der Waals surface area contributed by atoms with Gasteiger partial charge in [0.05, 0.1) is 6.61 Å². The maximum absolute atomic E-state index is 11.9. The largest absolute Gasteiger partial charge is 0.493 e. The Balaban J connectivity index is 1.60. The first kappa shape index (κ1) is 17.6. The third-order valence-electron chi connectivity index (χ3n) is 4.21. The molecule has 1 heterocycles. The number of H-pyrrole nitrogens is 1. The number of hydrogen-bond acceptors (Lipinski definition) is 3. The van der Waals surface area contributed by atoms with E-state index in [1.54, 1.807) is 0 Å². The molecule has 1 aromatic carbocycles. The van der Waals surface area contributed by atoms with Gasteiger partial charge in [0.25, 0.3) is 0 Å². The molecule has 3 rings (SSSR count). The summed E-state index contributed by atoms with van der Waals surface area (Å²) in [5, 5.41) is 4.05. The number of carbonyl (C=O) groups is 1. The highest BCUT2D eigenvalue weighted by molar-refractivity contribution is 5.84. The van der Waals surface area contributed by atoms with Gasteiger partial charge in [-0.3, -0.25) is 0 Å². The number of carbonyl (C=O) groups excluding carboxylic acids is 1. The van der Waals surface area contributed by atoms with E-state index in [0.29, 0.717) is 0 Å². The Labute approximate surface area is 149 Å². The van der Waals surface area contributed by atoms with Crippen molar-refractivity contribution in [1.82, 2.24) is 10.3 Å². The molecule has 0 aliphatic heterocycles. The van der Waals surface area contributed by atoms with Gasteiger partial charge in [0.15, 0.2) is 0 Å². The van der Waals surface area contributed by atoms with E-state index in [1.807, 2.05) is 46.0 Å². The van der Waals surface area contributed by atoms with Gasteiger partial charge < -0.3 is 19.8 Å². The summed E-state index contributed by atoms with van der Waals surface area (Å²) in [7, 11) is 0. The molecule has 1 atom stereocenters. The first-order chi connectivity index (χ1) is 11.8. The third-order valence-corrected chi connectivity index (χ3v) is 4.21. The van der Waals surface area contributed by atoms with E-state index in [4.69, 9.17) is 9.47 Å². The summed E-state index contributed by atoms with van der Waals surface area (Å²) in [4.78, 5) is 15.2. The van der Waals surface area contributed by atoms with Gasteiger partial charge >= 0.3 is 6.09 Å². The Hall–Kier alpha value is -2.17. The molecule has 1 saturated carbocycles. The van der Waals surface area contributed by atoms with Crippen molar-refractivity contribution in [3.63, 3.8) is 0 Å². The number of hydrogen-bond donors (Lipinski definition) is 2. The maximum atomic E-state index is 11.9. The number of alkyl carbamates (subject to hydrolysis) is 1. The molecule has 0 radical (unpaired) electrons. The van der Waals surface area contributed by atoms with Gasteiger partial charge in [-0.15, -0.1) is 0 Å². The second kappa shape index (κ2) is 6.98. The van der Waals surface area contributed by atoms with Crippen LogP contribution >= 0.6 is 0 Å². The van der Waals surface area contributed by atoms with Crippen molar-refractivity contribution in [3.05, 3.63) is 30.0 Å². The van der Waals surface area contributed by atoms with Crippen molar-refractivity contribution in [3.8, 4) is 5.75 Å². The summed E-state index contributed by atoms with van der Waals surface area (Å²) in [5.41, 5.74) is 1.75. The Morgan fingerprint density at radius 1 is 1.36 bits per heavy atom. The van der Waals surface area contributed by atoms with Crippen LogP contribution in [0, 0.1) is 5.92 Å². The van der Waals surface area contributed by atoms with Crippen molar-refractivity contribution >= 4 is 17.0 Å². The van der Waals surface area contributed by atoms with Gasteiger partial charge in [-0.25, -0.2) is 4.79 Å². The van der Waals surface area contributed by atoms with Crippen LogP contribution in [-0.4, -0.2) is 29.3 Å². The van der Waals surface area contributed by atoms with E-state index in [-0.39, 0.29) is 12.1 Å². The van der Waals surface area contributed by atoms with Crippen LogP contribution in [0.1, 0.15) is 46.1 Å². The van der Waals surface area contributed by atoms with Gasteiger partial charge in [-0.2, -0.15) is 0 Å². The monoisotopic (exact) mass is 344 g/mol. The van der Waals surface area contributed by atoms with Crippen LogP contribution in [0.4, 0.5) is 4.79 Å². The van der Waals surface area contributed by atoms with Crippen molar-refractivity contribution in [2.45, 2.75) is 58.6 Å². The molecule has 136 valence electrons. The van der Waals surface area contributed by atoms with Crippen molar-refractivity contribution in [1.29, 1.82) is 0 Å². The molecule has 1 fully saturated rings. The normalized spacial score (nSPS) is 15.8. The number of fused-ring (bicyclic) bond motifs is 1. The summed E-state index contributed by atoms with van der Waals surface area (Å²) in [6, 6.07) is 6.14. The molecule has 1 aromatic heterocycles. The Bertz CT molecular complexity index is 741. The Morgan fingerprint density at radius 3 is 2.80 bits per heavy atom. The zero-order chi connectivity index (χ0) is 18.0. The number of ether oxygens (including phenoxy) is 2. The molecule has 1 aliphatic rings. The number of aromatic nitrogens is 1. The van der Waals surface area contributed by atoms with Crippen LogP contribution in [0.25, 0.3) is 10.9 Å². The number of nitrogens with one attached hydrogen (secondary N) is 2. The second-order valence-corrected chi connectivity index (χ2v) is 8.03. The molecule has 0 saturated heterocycles. The average Bonchev–Trinajstić information content (AvgIpc) is 3.25.